The third kappa shape index (κ3) is 1.93. The van der Waals surface area contributed by atoms with Crippen LogP contribution in [0.15, 0.2) is 24.3 Å². The fourth-order valence-electron chi connectivity index (χ4n) is 2.11. The van der Waals surface area contributed by atoms with Crippen molar-refractivity contribution in [1.29, 1.82) is 0 Å². The maximum absolute atomic E-state index is 11.8. The molecule has 0 saturated heterocycles. The molecule has 0 aliphatic carbocycles. The molecular formula is C14H17NO2. The van der Waals surface area contributed by atoms with Crippen molar-refractivity contribution >= 4 is 16.8 Å². The number of hydrogen-bond acceptors (Lipinski definition) is 2. The first-order valence-corrected chi connectivity index (χ1v) is 5.75. The molecule has 17 heavy (non-hydrogen) atoms. The van der Waals surface area contributed by atoms with E-state index in [0.29, 0.717) is 5.92 Å². The zero-order valence-corrected chi connectivity index (χ0v) is 10.7. The number of benzene rings is 1. The van der Waals surface area contributed by atoms with Crippen LogP contribution in [0.3, 0.4) is 0 Å². The Kier molecular flexibility index (Phi) is 2.92. The molecule has 0 N–H and O–H groups in total. The average molecular weight is 231 g/mol. The molecule has 2 aromatic rings. The molecule has 3 nitrogen and oxygen atoms in total. The Bertz CT molecular complexity index is 567. The van der Waals surface area contributed by atoms with Gasteiger partial charge in [-0.05, 0) is 24.1 Å². The number of nitrogens with zero attached hydrogens (tertiary/aromatic N) is 1. The second-order valence-electron chi connectivity index (χ2n) is 4.50. The molecule has 1 aromatic carbocycles. The zero-order valence-electron chi connectivity index (χ0n) is 10.7. The van der Waals surface area contributed by atoms with E-state index in [4.69, 9.17) is 4.74 Å². The zero-order chi connectivity index (χ0) is 12.6. The maximum atomic E-state index is 11.8. The summed E-state index contributed by atoms with van der Waals surface area (Å²) in [5, 5.41) is 1.07. The van der Waals surface area contributed by atoms with Gasteiger partial charge in [-0.1, -0.05) is 13.8 Å². The normalized spacial score (nSPS) is 11.1. The summed E-state index contributed by atoms with van der Waals surface area (Å²) in [4.78, 5) is 11.8. The van der Waals surface area contributed by atoms with Gasteiger partial charge in [0.25, 0.3) is 0 Å². The molecule has 0 aliphatic heterocycles. The number of hydrogen-bond donors (Lipinski definition) is 0. The molecule has 0 aliphatic rings. The van der Waals surface area contributed by atoms with Gasteiger partial charge < -0.3 is 4.74 Å². The van der Waals surface area contributed by atoms with Crippen molar-refractivity contribution < 1.29 is 9.53 Å². The van der Waals surface area contributed by atoms with E-state index in [2.05, 4.69) is 19.9 Å². The summed E-state index contributed by atoms with van der Waals surface area (Å²) in [6.45, 7) is 5.76. The first kappa shape index (κ1) is 11.7. The molecule has 0 radical (unpaired) electrons. The Balaban J connectivity index is 2.77. The summed E-state index contributed by atoms with van der Waals surface area (Å²) >= 11 is 0. The van der Waals surface area contributed by atoms with E-state index in [9.17, 15) is 4.79 Å². The summed E-state index contributed by atoms with van der Waals surface area (Å²) < 4.78 is 6.97. The second kappa shape index (κ2) is 4.24. The second-order valence-corrected chi connectivity index (χ2v) is 4.50. The summed E-state index contributed by atoms with van der Waals surface area (Å²) in [6, 6.07) is 7.87. The summed E-state index contributed by atoms with van der Waals surface area (Å²) in [5.74, 6) is 1.13. The van der Waals surface area contributed by atoms with Crippen LogP contribution in [0.25, 0.3) is 10.9 Å². The van der Waals surface area contributed by atoms with Crippen LogP contribution < -0.4 is 4.74 Å². The molecule has 2 rings (SSSR count). The molecular weight excluding hydrogens is 214 g/mol. The lowest BCUT2D eigenvalue weighted by Crippen LogP contribution is -2.10. The van der Waals surface area contributed by atoms with Gasteiger partial charge in [-0.25, -0.2) is 0 Å². The van der Waals surface area contributed by atoms with Crippen LogP contribution in [-0.2, 0) is 0 Å². The first-order chi connectivity index (χ1) is 8.04. The molecule has 0 amide bonds. The van der Waals surface area contributed by atoms with E-state index in [1.54, 1.807) is 18.6 Å². The summed E-state index contributed by atoms with van der Waals surface area (Å²) in [5.41, 5.74) is 1.96. The Morgan fingerprint density at radius 3 is 2.53 bits per heavy atom. The van der Waals surface area contributed by atoms with Gasteiger partial charge in [0.05, 0.1) is 12.6 Å². The van der Waals surface area contributed by atoms with Crippen molar-refractivity contribution in [2.24, 2.45) is 0 Å². The highest BCUT2D eigenvalue weighted by atomic mass is 16.5. The van der Waals surface area contributed by atoms with Crippen molar-refractivity contribution in [3.63, 3.8) is 0 Å². The molecule has 0 saturated carbocycles. The van der Waals surface area contributed by atoms with Crippen LogP contribution in [0.4, 0.5) is 0 Å². The van der Waals surface area contributed by atoms with Gasteiger partial charge in [-0.15, -0.1) is 0 Å². The van der Waals surface area contributed by atoms with E-state index in [-0.39, 0.29) is 5.91 Å². The van der Waals surface area contributed by atoms with Crippen LogP contribution in [0.1, 0.15) is 37.2 Å². The number of fused-ring (bicyclic) bond motifs is 1. The minimum Gasteiger partial charge on any atom is -0.497 e. The minimum atomic E-state index is 0.0388. The maximum Gasteiger partial charge on any atom is 0.228 e. The fraction of sp³-hybridized carbons (Fsp3) is 0.357. The van der Waals surface area contributed by atoms with E-state index >= 15 is 0 Å². The molecule has 90 valence electrons. The van der Waals surface area contributed by atoms with Crippen molar-refractivity contribution in [3.05, 3.63) is 30.0 Å². The van der Waals surface area contributed by atoms with Gasteiger partial charge in [0.15, 0.2) is 0 Å². The van der Waals surface area contributed by atoms with Crippen LogP contribution in [0.2, 0.25) is 0 Å². The number of carbonyl (C=O) groups is 1. The van der Waals surface area contributed by atoms with Crippen molar-refractivity contribution in [2.75, 3.05) is 7.11 Å². The topological polar surface area (TPSA) is 31.2 Å². The number of rotatable bonds is 2. The quantitative estimate of drug-likeness (QED) is 0.792. The number of methoxy groups -OCH3 is 1. The largest absolute Gasteiger partial charge is 0.497 e. The lowest BCUT2D eigenvalue weighted by Gasteiger charge is -2.09. The Morgan fingerprint density at radius 2 is 2.00 bits per heavy atom. The Hall–Kier alpha value is -1.77. The lowest BCUT2D eigenvalue weighted by atomic mass is 10.1. The van der Waals surface area contributed by atoms with Gasteiger partial charge in [0, 0.05) is 24.1 Å². The van der Waals surface area contributed by atoms with Crippen molar-refractivity contribution in [2.45, 2.75) is 26.7 Å². The monoisotopic (exact) mass is 231 g/mol. The molecule has 0 spiro atoms. The van der Waals surface area contributed by atoms with Gasteiger partial charge in [0.1, 0.15) is 5.75 Å². The predicted octanol–water partition coefficient (Wildman–Crippen LogP) is 3.43. The van der Waals surface area contributed by atoms with E-state index in [1.165, 1.54) is 0 Å². The van der Waals surface area contributed by atoms with Crippen LogP contribution in [0, 0.1) is 0 Å². The number of ether oxygens (including phenoxy) is 1. The Labute approximate surface area is 101 Å². The molecule has 0 bridgehead atoms. The van der Waals surface area contributed by atoms with Crippen LogP contribution >= 0.6 is 0 Å². The predicted molar refractivity (Wildman–Crippen MR) is 68.9 cm³/mol. The third-order valence-electron chi connectivity index (χ3n) is 2.95. The summed E-state index contributed by atoms with van der Waals surface area (Å²) in [7, 11) is 1.63. The lowest BCUT2D eigenvalue weighted by molar-refractivity contribution is 0.0938. The molecule has 0 unspecified atom stereocenters. The highest BCUT2D eigenvalue weighted by Gasteiger charge is 2.14. The highest BCUT2D eigenvalue weighted by Crippen LogP contribution is 2.28. The van der Waals surface area contributed by atoms with Gasteiger partial charge in [-0.2, -0.15) is 0 Å². The number of carbonyl (C=O) groups excluding carboxylic acids is 1. The van der Waals surface area contributed by atoms with Crippen molar-refractivity contribution in [1.82, 2.24) is 4.57 Å². The fourth-order valence-corrected chi connectivity index (χ4v) is 2.11. The first-order valence-electron chi connectivity index (χ1n) is 5.75. The van der Waals surface area contributed by atoms with E-state index < -0.39 is 0 Å². The van der Waals surface area contributed by atoms with E-state index in [0.717, 1.165) is 22.3 Å². The van der Waals surface area contributed by atoms with Gasteiger partial charge in [0.2, 0.25) is 5.91 Å². The smallest absolute Gasteiger partial charge is 0.228 e. The van der Waals surface area contributed by atoms with Crippen LogP contribution in [0.5, 0.6) is 5.75 Å². The van der Waals surface area contributed by atoms with Gasteiger partial charge >= 0.3 is 0 Å². The average Bonchev–Trinajstić information content (AvgIpc) is 2.66. The number of aromatic nitrogens is 1. The molecule has 1 aromatic heterocycles. The van der Waals surface area contributed by atoms with E-state index in [1.807, 2.05) is 18.2 Å². The standard InChI is InChI=1S/C14H17NO2/c1-9(2)13-7-11-5-6-12(17-4)8-14(11)15(13)10(3)16/h5-9H,1-4H3. The van der Waals surface area contributed by atoms with Gasteiger partial charge in [-0.3, -0.25) is 9.36 Å². The summed E-state index contributed by atoms with van der Waals surface area (Å²) in [6.07, 6.45) is 0. The molecule has 0 fully saturated rings. The van der Waals surface area contributed by atoms with Crippen LogP contribution in [-0.4, -0.2) is 17.6 Å². The molecule has 0 atom stereocenters. The SMILES string of the molecule is COc1ccc2cc(C(C)C)n(C(C)=O)c2c1. The Morgan fingerprint density at radius 1 is 1.29 bits per heavy atom. The molecule has 1 heterocycles. The van der Waals surface area contributed by atoms with Crippen molar-refractivity contribution in [3.8, 4) is 5.75 Å². The highest BCUT2D eigenvalue weighted by molar-refractivity contribution is 5.93. The third-order valence-corrected chi connectivity index (χ3v) is 2.95. The molecule has 3 heteroatoms. The minimum absolute atomic E-state index is 0.0388.